The van der Waals surface area contributed by atoms with E-state index < -0.39 is 11.6 Å². The van der Waals surface area contributed by atoms with Gasteiger partial charge in [0.25, 0.3) is 0 Å². The van der Waals surface area contributed by atoms with Crippen LogP contribution < -0.4 is 4.90 Å². The maximum atomic E-state index is 12.3. The highest BCUT2D eigenvalue weighted by Gasteiger charge is 2.47. The molecule has 3 heterocycles. The molecular formula is C27H29Cl2N3O5. The van der Waals surface area contributed by atoms with Crippen molar-refractivity contribution < 1.29 is 23.3 Å². The number of halogens is 2. The molecule has 6 rings (SSSR count). The van der Waals surface area contributed by atoms with Crippen LogP contribution in [0.15, 0.2) is 33.3 Å². The van der Waals surface area contributed by atoms with Crippen LogP contribution in [0.3, 0.4) is 0 Å². The number of fused-ring (bicyclic) bond motifs is 2. The number of hydrogen-bond acceptors (Lipinski definition) is 8. The molecule has 2 saturated carbocycles. The van der Waals surface area contributed by atoms with Crippen LogP contribution in [-0.2, 0) is 16.1 Å². The van der Waals surface area contributed by atoms with E-state index in [4.69, 9.17) is 41.7 Å². The van der Waals surface area contributed by atoms with Gasteiger partial charge >= 0.3 is 5.97 Å². The molecule has 2 aromatic heterocycles. The van der Waals surface area contributed by atoms with Crippen molar-refractivity contribution in [1.29, 1.82) is 0 Å². The second-order valence-electron chi connectivity index (χ2n) is 11.2. The molecule has 196 valence electrons. The van der Waals surface area contributed by atoms with Crippen molar-refractivity contribution in [3.63, 3.8) is 0 Å². The van der Waals surface area contributed by atoms with Gasteiger partial charge in [0.1, 0.15) is 17.1 Å². The average Bonchev–Trinajstić information content (AvgIpc) is 3.20. The molecule has 2 aliphatic carbocycles. The van der Waals surface area contributed by atoms with Crippen LogP contribution in [0.4, 0.5) is 5.82 Å². The van der Waals surface area contributed by atoms with Crippen molar-refractivity contribution in [2.45, 2.75) is 76.7 Å². The highest BCUT2D eigenvalue weighted by Crippen LogP contribution is 2.47. The van der Waals surface area contributed by atoms with Gasteiger partial charge < -0.3 is 23.4 Å². The van der Waals surface area contributed by atoms with Gasteiger partial charge in [0.05, 0.1) is 22.8 Å². The lowest BCUT2D eigenvalue weighted by Gasteiger charge is -2.31. The van der Waals surface area contributed by atoms with E-state index in [0.717, 1.165) is 43.6 Å². The Bertz CT molecular complexity index is 1310. The van der Waals surface area contributed by atoms with E-state index in [1.165, 1.54) is 0 Å². The maximum Gasteiger partial charge on any atom is 0.377 e. The van der Waals surface area contributed by atoms with Crippen LogP contribution in [-0.4, -0.2) is 40.6 Å². The van der Waals surface area contributed by atoms with Crippen molar-refractivity contribution in [2.75, 3.05) is 11.4 Å². The summed E-state index contributed by atoms with van der Waals surface area (Å²) in [6, 6.07) is 7.37. The maximum absolute atomic E-state index is 12.3. The summed E-state index contributed by atoms with van der Waals surface area (Å²) >= 11 is 13.0. The van der Waals surface area contributed by atoms with Gasteiger partial charge in [-0.15, -0.1) is 0 Å². The van der Waals surface area contributed by atoms with Gasteiger partial charge in [-0.25, -0.2) is 4.79 Å². The monoisotopic (exact) mass is 545 g/mol. The number of hydrogen-bond donors (Lipinski definition) is 0. The number of piperidine rings is 1. The minimum atomic E-state index is -0.595. The largest absolute Gasteiger partial charge is 0.454 e. The zero-order valence-electron chi connectivity index (χ0n) is 21.0. The lowest BCUT2D eigenvalue weighted by atomic mass is 10.0. The van der Waals surface area contributed by atoms with Crippen molar-refractivity contribution in [2.24, 2.45) is 5.92 Å². The molecule has 0 amide bonds. The molecule has 1 aliphatic heterocycles. The first-order valence-electron chi connectivity index (χ1n) is 12.7. The first-order chi connectivity index (χ1) is 17.7. The van der Waals surface area contributed by atoms with Crippen molar-refractivity contribution in [3.8, 4) is 11.3 Å². The van der Waals surface area contributed by atoms with Crippen LogP contribution in [0.5, 0.6) is 0 Å². The lowest BCUT2D eigenvalue weighted by molar-refractivity contribution is 0.00277. The Morgan fingerprint density at radius 3 is 2.54 bits per heavy atom. The van der Waals surface area contributed by atoms with Gasteiger partial charge in [-0.3, -0.25) is 0 Å². The molecule has 1 saturated heterocycles. The summed E-state index contributed by atoms with van der Waals surface area (Å²) < 4.78 is 23.0. The van der Waals surface area contributed by atoms with E-state index in [9.17, 15) is 4.79 Å². The molecule has 10 heteroatoms. The Morgan fingerprint density at radius 1 is 1.14 bits per heavy atom. The molecule has 8 nitrogen and oxygen atoms in total. The van der Waals surface area contributed by atoms with Crippen LogP contribution in [0.25, 0.3) is 11.3 Å². The number of carbonyl (C=O) groups excluding carboxylic acids is 1. The molecular weight excluding hydrogens is 517 g/mol. The minimum absolute atomic E-state index is 0.106. The standard InChI is InChI=1S/C27H29Cl2N3O5/c1-27(2,3)35-26(33)21-11-22(30-36-21)32-12-15-9-16(32)10-20(15)34-13-17-24(31-37-25(17)14-7-8-14)23-18(28)5-4-6-19(23)29/h4-6,11,14-16,20H,7-10,12-13H2,1-3H3/t15-,16?,20+/m0/s1. The van der Waals surface area contributed by atoms with Gasteiger partial charge in [0, 0.05) is 41.6 Å². The van der Waals surface area contributed by atoms with Crippen LogP contribution in [0.2, 0.25) is 10.0 Å². The Hall–Kier alpha value is -2.55. The van der Waals surface area contributed by atoms with E-state index in [-0.39, 0.29) is 17.9 Å². The fraction of sp³-hybridized carbons (Fsp3) is 0.519. The fourth-order valence-corrected chi connectivity index (χ4v) is 6.03. The number of rotatable bonds is 7. The summed E-state index contributed by atoms with van der Waals surface area (Å²) in [5, 5.41) is 9.59. The third-order valence-electron chi connectivity index (χ3n) is 7.28. The molecule has 2 bridgehead atoms. The summed E-state index contributed by atoms with van der Waals surface area (Å²) in [6.07, 6.45) is 4.15. The minimum Gasteiger partial charge on any atom is -0.454 e. The average molecular weight is 546 g/mol. The molecule has 0 spiro atoms. The molecule has 3 aliphatic rings. The van der Waals surface area contributed by atoms with Crippen molar-refractivity contribution in [3.05, 3.63) is 51.4 Å². The zero-order chi connectivity index (χ0) is 25.9. The fourth-order valence-electron chi connectivity index (χ4n) is 5.46. The molecule has 3 fully saturated rings. The van der Waals surface area contributed by atoms with Crippen molar-refractivity contribution in [1.82, 2.24) is 10.3 Å². The normalized spacial score (nSPS) is 23.2. The van der Waals surface area contributed by atoms with Gasteiger partial charge in [0.2, 0.25) is 5.76 Å². The molecule has 3 aromatic rings. The Morgan fingerprint density at radius 2 is 1.89 bits per heavy atom. The smallest absolute Gasteiger partial charge is 0.377 e. The highest BCUT2D eigenvalue weighted by atomic mass is 35.5. The third kappa shape index (κ3) is 4.87. The SMILES string of the molecule is CC(C)(C)OC(=O)c1cc(N2C[C@@H]3CC2C[C@H]3OCc2c(-c3c(Cl)cccc3Cl)noc2C2CC2)no1. The molecule has 0 radical (unpaired) electrons. The summed E-state index contributed by atoms with van der Waals surface area (Å²) in [4.78, 5) is 14.5. The lowest BCUT2D eigenvalue weighted by Crippen LogP contribution is -2.38. The number of aromatic nitrogens is 2. The summed E-state index contributed by atoms with van der Waals surface area (Å²) in [6.45, 7) is 6.65. The van der Waals surface area contributed by atoms with Gasteiger partial charge in [-0.05, 0) is 58.6 Å². The van der Waals surface area contributed by atoms with Gasteiger partial charge in [-0.1, -0.05) is 39.6 Å². The van der Waals surface area contributed by atoms with E-state index in [1.54, 1.807) is 6.07 Å². The zero-order valence-corrected chi connectivity index (χ0v) is 22.5. The second-order valence-corrected chi connectivity index (χ2v) is 12.0. The number of nitrogens with zero attached hydrogens (tertiary/aromatic N) is 3. The predicted octanol–water partition coefficient (Wildman–Crippen LogP) is 6.65. The Labute approximate surface area is 225 Å². The summed E-state index contributed by atoms with van der Waals surface area (Å²) in [5.41, 5.74) is 1.70. The number of carbonyl (C=O) groups is 1. The van der Waals surface area contributed by atoms with E-state index in [0.29, 0.717) is 45.6 Å². The van der Waals surface area contributed by atoms with E-state index in [1.807, 2.05) is 39.0 Å². The van der Waals surface area contributed by atoms with Crippen LogP contribution in [0.1, 0.15) is 74.3 Å². The molecule has 0 N–H and O–H groups in total. The Balaban J connectivity index is 1.14. The van der Waals surface area contributed by atoms with Crippen LogP contribution >= 0.6 is 23.2 Å². The first-order valence-corrected chi connectivity index (χ1v) is 13.4. The first kappa shape index (κ1) is 24.8. The van der Waals surface area contributed by atoms with Gasteiger partial charge in [0.15, 0.2) is 5.82 Å². The summed E-state index contributed by atoms with van der Waals surface area (Å²) in [5.74, 6) is 1.88. The molecule has 3 atom stereocenters. The van der Waals surface area contributed by atoms with Crippen molar-refractivity contribution >= 4 is 35.0 Å². The second kappa shape index (κ2) is 9.33. The summed E-state index contributed by atoms with van der Waals surface area (Å²) in [7, 11) is 0. The number of benzene rings is 1. The topological polar surface area (TPSA) is 90.8 Å². The third-order valence-corrected chi connectivity index (χ3v) is 7.91. The highest BCUT2D eigenvalue weighted by molar-refractivity contribution is 6.39. The van der Waals surface area contributed by atoms with Gasteiger partial charge in [-0.2, -0.15) is 0 Å². The number of anilines is 1. The number of ether oxygens (including phenoxy) is 2. The quantitative estimate of drug-likeness (QED) is 0.304. The Kier molecular flexibility index (Phi) is 6.24. The molecule has 1 aromatic carbocycles. The molecule has 37 heavy (non-hydrogen) atoms. The van der Waals surface area contributed by atoms with E-state index >= 15 is 0 Å². The predicted molar refractivity (Wildman–Crippen MR) is 138 cm³/mol. The van der Waals surface area contributed by atoms with Crippen LogP contribution in [0, 0.1) is 5.92 Å². The molecule has 1 unspecified atom stereocenters. The van der Waals surface area contributed by atoms with E-state index in [2.05, 4.69) is 15.2 Å². The number of esters is 1.